The molecule has 2 atom stereocenters. The molecule has 0 amide bonds. The van der Waals surface area contributed by atoms with E-state index in [1.54, 1.807) is 0 Å². The third-order valence-electron chi connectivity index (χ3n) is 2.18. The van der Waals surface area contributed by atoms with E-state index < -0.39 is 41.3 Å². The summed E-state index contributed by atoms with van der Waals surface area (Å²) in [6, 6.07) is 0. The molecule has 0 saturated heterocycles. The van der Waals surface area contributed by atoms with Gasteiger partial charge in [-0.25, -0.2) is 0 Å². The van der Waals surface area contributed by atoms with Gasteiger partial charge in [-0.15, -0.1) is 0 Å². The first kappa shape index (κ1) is 14.2. The number of aliphatic hydroxyl groups excluding tert-OH is 2. The molecule has 0 saturated carbocycles. The van der Waals surface area contributed by atoms with Gasteiger partial charge in [-0.1, -0.05) is 11.6 Å². The van der Waals surface area contributed by atoms with Crippen molar-refractivity contribution in [3.63, 3.8) is 0 Å². The van der Waals surface area contributed by atoms with Gasteiger partial charge in [-0.05, 0) is 0 Å². The second-order valence-corrected chi connectivity index (χ2v) is 3.78. The maximum atomic E-state index is 12.6. The normalized spacial score (nSPS) is 16.0. The number of hydrogen-bond donors (Lipinski definition) is 3. The Hall–Kier alpha value is -0.830. The van der Waals surface area contributed by atoms with Crippen molar-refractivity contribution in [2.75, 3.05) is 6.54 Å². The SMILES string of the molecule is Cn1nc(C(F)(F)F)c(C(O)C(O)CN)c1Cl. The quantitative estimate of drug-likeness (QED) is 0.746. The molecule has 17 heavy (non-hydrogen) atoms. The summed E-state index contributed by atoms with van der Waals surface area (Å²) in [4.78, 5) is 0. The lowest BCUT2D eigenvalue weighted by atomic mass is 10.0. The van der Waals surface area contributed by atoms with Crippen LogP contribution >= 0.6 is 11.6 Å². The van der Waals surface area contributed by atoms with Crippen LogP contribution in [-0.4, -0.2) is 32.6 Å². The number of aromatic nitrogens is 2. The molecule has 0 aliphatic heterocycles. The van der Waals surface area contributed by atoms with Crippen molar-refractivity contribution in [3.8, 4) is 0 Å². The smallest absolute Gasteiger partial charge is 0.389 e. The van der Waals surface area contributed by atoms with Crippen LogP contribution in [0.4, 0.5) is 13.2 Å². The lowest BCUT2D eigenvalue weighted by Crippen LogP contribution is -2.28. The van der Waals surface area contributed by atoms with E-state index in [0.717, 1.165) is 4.68 Å². The van der Waals surface area contributed by atoms with Gasteiger partial charge in [0.25, 0.3) is 0 Å². The van der Waals surface area contributed by atoms with Crippen LogP contribution in [0.25, 0.3) is 0 Å². The van der Waals surface area contributed by atoms with Crippen LogP contribution < -0.4 is 5.73 Å². The van der Waals surface area contributed by atoms with Crippen molar-refractivity contribution in [1.29, 1.82) is 0 Å². The van der Waals surface area contributed by atoms with Gasteiger partial charge in [-0.2, -0.15) is 18.3 Å². The second-order valence-electron chi connectivity index (χ2n) is 3.42. The molecule has 0 radical (unpaired) electrons. The van der Waals surface area contributed by atoms with E-state index in [2.05, 4.69) is 5.10 Å². The lowest BCUT2D eigenvalue weighted by molar-refractivity contribution is -0.143. The Balaban J connectivity index is 3.31. The molecule has 1 heterocycles. The van der Waals surface area contributed by atoms with Gasteiger partial charge in [0.1, 0.15) is 11.3 Å². The fourth-order valence-electron chi connectivity index (χ4n) is 1.31. The van der Waals surface area contributed by atoms with E-state index in [4.69, 9.17) is 17.3 Å². The summed E-state index contributed by atoms with van der Waals surface area (Å²) in [6.07, 6.45) is -8.15. The van der Waals surface area contributed by atoms with Crippen LogP contribution in [0, 0.1) is 0 Å². The maximum Gasteiger partial charge on any atom is 0.435 e. The zero-order chi connectivity index (χ0) is 13.4. The van der Waals surface area contributed by atoms with Crippen molar-refractivity contribution < 1.29 is 23.4 Å². The van der Waals surface area contributed by atoms with Gasteiger partial charge in [0.15, 0.2) is 5.69 Å². The van der Waals surface area contributed by atoms with Crippen LogP contribution in [0.15, 0.2) is 0 Å². The number of aliphatic hydroxyl groups is 2. The highest BCUT2D eigenvalue weighted by Gasteiger charge is 2.41. The maximum absolute atomic E-state index is 12.6. The Morgan fingerprint density at radius 3 is 2.41 bits per heavy atom. The number of hydrogen-bond acceptors (Lipinski definition) is 4. The van der Waals surface area contributed by atoms with E-state index in [1.807, 2.05) is 0 Å². The highest BCUT2D eigenvalue weighted by Crippen LogP contribution is 2.38. The highest BCUT2D eigenvalue weighted by atomic mass is 35.5. The van der Waals surface area contributed by atoms with Crippen molar-refractivity contribution in [2.45, 2.75) is 18.4 Å². The van der Waals surface area contributed by atoms with Gasteiger partial charge in [-0.3, -0.25) is 4.68 Å². The molecular weight excluding hydrogens is 263 g/mol. The summed E-state index contributed by atoms with van der Waals surface area (Å²) < 4.78 is 38.6. The van der Waals surface area contributed by atoms with Crippen molar-refractivity contribution >= 4 is 11.6 Å². The van der Waals surface area contributed by atoms with Crippen molar-refractivity contribution in [3.05, 3.63) is 16.4 Å². The predicted octanol–water partition coefficient (Wildman–Crippen LogP) is 0.445. The Morgan fingerprint density at radius 1 is 1.47 bits per heavy atom. The fourth-order valence-corrected chi connectivity index (χ4v) is 1.55. The minimum atomic E-state index is -4.77. The molecule has 2 unspecified atom stereocenters. The highest BCUT2D eigenvalue weighted by molar-refractivity contribution is 6.30. The van der Waals surface area contributed by atoms with Crippen molar-refractivity contribution in [1.82, 2.24) is 9.78 Å². The van der Waals surface area contributed by atoms with Gasteiger partial charge >= 0.3 is 6.18 Å². The average Bonchev–Trinajstić information content (AvgIpc) is 2.53. The number of alkyl halides is 3. The van der Waals surface area contributed by atoms with E-state index in [1.165, 1.54) is 7.05 Å². The van der Waals surface area contributed by atoms with E-state index in [0.29, 0.717) is 0 Å². The number of nitrogens with two attached hydrogens (primary N) is 1. The fraction of sp³-hybridized carbons (Fsp3) is 0.625. The monoisotopic (exact) mass is 273 g/mol. The molecule has 0 spiro atoms. The van der Waals surface area contributed by atoms with Crippen LogP contribution in [0.5, 0.6) is 0 Å². The van der Waals surface area contributed by atoms with E-state index in [-0.39, 0.29) is 0 Å². The molecule has 1 aromatic rings. The molecule has 0 bridgehead atoms. The summed E-state index contributed by atoms with van der Waals surface area (Å²) in [5.74, 6) is 0. The average molecular weight is 274 g/mol. The third-order valence-corrected chi connectivity index (χ3v) is 2.63. The lowest BCUT2D eigenvalue weighted by Gasteiger charge is -2.17. The first-order valence-corrected chi connectivity index (χ1v) is 4.93. The Bertz CT molecular complexity index is 407. The van der Waals surface area contributed by atoms with Gasteiger partial charge in [0.05, 0.1) is 11.7 Å². The Morgan fingerprint density at radius 2 is 2.00 bits per heavy atom. The zero-order valence-electron chi connectivity index (χ0n) is 8.74. The predicted molar refractivity (Wildman–Crippen MR) is 53.2 cm³/mol. The summed E-state index contributed by atoms with van der Waals surface area (Å²) in [6.45, 7) is -0.399. The summed E-state index contributed by atoms with van der Waals surface area (Å²) in [5, 5.41) is 21.6. The topological polar surface area (TPSA) is 84.3 Å². The van der Waals surface area contributed by atoms with Gasteiger partial charge in [0, 0.05) is 13.6 Å². The standard InChI is InChI=1S/C8H11ClF3N3O2/c1-15-7(9)4(5(17)3(16)2-13)6(14-15)8(10,11)12/h3,5,16-17H,2,13H2,1H3. The Labute approximate surface area is 99.6 Å². The number of aryl methyl sites for hydroxylation is 1. The molecular formula is C8H11ClF3N3O2. The zero-order valence-corrected chi connectivity index (χ0v) is 9.50. The van der Waals surface area contributed by atoms with Gasteiger partial charge in [0.2, 0.25) is 0 Å². The van der Waals surface area contributed by atoms with Crippen LogP contribution in [-0.2, 0) is 13.2 Å². The first-order chi connectivity index (χ1) is 7.70. The molecule has 5 nitrogen and oxygen atoms in total. The van der Waals surface area contributed by atoms with Crippen LogP contribution in [0.2, 0.25) is 5.15 Å². The molecule has 98 valence electrons. The third kappa shape index (κ3) is 2.71. The summed E-state index contributed by atoms with van der Waals surface area (Å²) in [7, 11) is 1.20. The second kappa shape index (κ2) is 4.81. The Kier molecular flexibility index (Phi) is 4.03. The number of rotatable bonds is 3. The number of nitrogens with zero attached hydrogens (tertiary/aromatic N) is 2. The minimum absolute atomic E-state index is 0.391. The minimum Gasteiger partial charge on any atom is -0.389 e. The van der Waals surface area contributed by atoms with Crippen LogP contribution in [0.3, 0.4) is 0 Å². The molecule has 0 fully saturated rings. The van der Waals surface area contributed by atoms with Crippen LogP contribution in [0.1, 0.15) is 17.4 Å². The summed E-state index contributed by atoms with van der Waals surface area (Å²) in [5.41, 5.74) is 3.07. The molecule has 9 heteroatoms. The van der Waals surface area contributed by atoms with Crippen molar-refractivity contribution in [2.24, 2.45) is 12.8 Å². The van der Waals surface area contributed by atoms with Gasteiger partial charge < -0.3 is 15.9 Å². The van der Waals surface area contributed by atoms with E-state index >= 15 is 0 Å². The van der Waals surface area contributed by atoms with E-state index in [9.17, 15) is 23.4 Å². The molecule has 0 aromatic carbocycles. The largest absolute Gasteiger partial charge is 0.435 e. The summed E-state index contributed by atoms with van der Waals surface area (Å²) >= 11 is 5.60. The number of halogens is 4. The molecule has 0 aliphatic rings. The first-order valence-electron chi connectivity index (χ1n) is 4.56. The molecule has 4 N–H and O–H groups in total. The molecule has 0 aliphatic carbocycles. The molecule has 1 aromatic heterocycles. The molecule has 1 rings (SSSR count).